The second-order valence-corrected chi connectivity index (χ2v) is 28.9. The molecular weight excluding hydrogens is 1130 g/mol. The van der Waals surface area contributed by atoms with Crippen LogP contribution in [-0.4, -0.2) is 444 Å². The minimum atomic E-state index is -2.26. The molecule has 0 aromatic carbocycles. The van der Waals surface area contributed by atoms with Crippen LogP contribution >= 0.6 is 0 Å². The molecule has 0 spiro atoms. The number of rotatable bonds is 16. The Balaban J connectivity index is -0.000000138. The van der Waals surface area contributed by atoms with Crippen LogP contribution in [0.2, 0.25) is 0 Å². The van der Waals surface area contributed by atoms with Gasteiger partial charge in [-0.3, -0.25) is 0 Å². The van der Waals surface area contributed by atoms with Gasteiger partial charge in [-0.1, -0.05) is 0 Å². The van der Waals surface area contributed by atoms with Crippen molar-refractivity contribution in [3.63, 3.8) is 0 Å². The van der Waals surface area contributed by atoms with Crippen molar-refractivity contribution in [2.75, 3.05) is 0 Å². The Labute approximate surface area is 478 Å². The maximum Gasteiger partial charge on any atom is 2.00 e. The summed E-state index contributed by atoms with van der Waals surface area (Å²) in [5.41, 5.74) is 0. The Morgan fingerprint density at radius 3 is 0.767 bits per heavy atom. The molecule has 4 heterocycles. The monoisotopic (exact) mass is 1140 g/mol. The minimum absolute atomic E-state index is 0. The van der Waals surface area contributed by atoms with E-state index in [9.17, 15) is 0 Å². The molecular formula is H8Al14O25Sr4. The van der Waals surface area contributed by atoms with Gasteiger partial charge in [-0.05, 0) is 0 Å². The zero-order valence-electron chi connectivity index (χ0n) is 21.4. The van der Waals surface area contributed by atoms with Crippen LogP contribution in [0.4, 0.5) is 0 Å². The Bertz CT molecular complexity index is 482. The van der Waals surface area contributed by atoms with Crippen molar-refractivity contribution in [2.45, 2.75) is 0 Å². The molecule has 25 nitrogen and oxygen atoms in total. The summed E-state index contributed by atoms with van der Waals surface area (Å²) >= 11 is -15.7. The molecule has 43 heteroatoms. The molecule has 0 atom stereocenters. The summed E-state index contributed by atoms with van der Waals surface area (Å²) in [4.78, 5) is 0. The van der Waals surface area contributed by atoms with Gasteiger partial charge in [0, 0.05) is 0 Å². The molecule has 4 fully saturated rings. The average Bonchev–Trinajstić information content (AvgIpc) is 2.64. The molecule has 4 rings (SSSR count). The molecule has 4 aliphatic rings. The van der Waals surface area contributed by atoms with Crippen LogP contribution in [0.5, 0.6) is 0 Å². The Morgan fingerprint density at radius 2 is 0.558 bits per heavy atom. The van der Waals surface area contributed by atoms with Crippen LogP contribution in [-0.2, 0) is 48.3 Å². The van der Waals surface area contributed by atoms with Crippen molar-refractivity contribution < 1.29 is 92.1 Å². The topological polar surface area (TPSA) is 397 Å². The predicted octanol–water partition coefficient (Wildman–Crippen LogP) is -9.43. The van der Waals surface area contributed by atoms with E-state index in [1.54, 1.807) is 0 Å². The number of hydrogen-bond acceptors (Lipinski definition) is 25. The van der Waals surface area contributed by atoms with Gasteiger partial charge in [-0.25, -0.2) is 0 Å². The molecule has 0 unspecified atom stereocenters. The first-order valence-corrected chi connectivity index (χ1v) is 24.0. The van der Waals surface area contributed by atoms with Gasteiger partial charge < -0.3 is 92.1 Å². The standard InChI is InChI=1S/14Al.8H2O.17O.4Sr/h;;;;;;;;;;;;;;8*1H2;;;;;;;;;;;;;;;;;;;;;/q;;;;;;;;;;;;;;;;;;;;;;;;;;;;;;;;;;;;;;;4*+2/p-8. The summed E-state index contributed by atoms with van der Waals surface area (Å²) < 4.78 is 90.8. The molecule has 8 radical (unpaired) electrons. The molecule has 0 aliphatic carbocycles. The summed E-state index contributed by atoms with van der Waals surface area (Å²) in [7, 11) is 0. The van der Waals surface area contributed by atoms with Gasteiger partial charge in [0.1, 0.15) is 0 Å². The molecule has 208 valence electrons. The molecule has 0 aromatic rings. The third-order valence-corrected chi connectivity index (χ3v) is 28.0. The van der Waals surface area contributed by atoms with Gasteiger partial charge >= 0.3 is 400 Å². The zero-order valence-corrected chi connectivity index (χ0v) is 51.5. The van der Waals surface area contributed by atoms with E-state index < -0.39 is 185 Å². The quantitative estimate of drug-likeness (QED) is 0.102. The van der Waals surface area contributed by atoms with Crippen molar-refractivity contribution in [3.05, 3.63) is 0 Å². The Kier molecular flexibility index (Phi) is 83.3. The maximum absolute atomic E-state index is 5.53. The van der Waals surface area contributed by atoms with Crippen molar-refractivity contribution in [1.82, 2.24) is 0 Å². The first-order valence-electron chi connectivity index (χ1n) is 8.01. The smallest absolute Gasteiger partial charge is 0.870 e. The van der Waals surface area contributed by atoms with Crippen molar-refractivity contribution in [2.24, 2.45) is 0 Å². The fourth-order valence-electron chi connectivity index (χ4n) is 1.82. The average molecular weight is 1140 g/mol. The van der Waals surface area contributed by atoms with E-state index in [1.165, 1.54) is 0 Å². The van der Waals surface area contributed by atoms with Crippen molar-refractivity contribution >= 4 is 400 Å². The predicted molar refractivity (Wildman–Crippen MR) is 138 cm³/mol. The fraction of sp³-hybridized carbons (Fsp3) is 0. The van der Waals surface area contributed by atoms with E-state index in [-0.39, 0.29) is 226 Å². The summed E-state index contributed by atoms with van der Waals surface area (Å²) in [5.74, 6) is 0. The molecule has 8 N–H and O–H groups in total. The van der Waals surface area contributed by atoms with Gasteiger partial charge in [0.25, 0.3) is 0 Å². The van der Waals surface area contributed by atoms with Crippen LogP contribution in [0.25, 0.3) is 0 Å². The molecule has 0 amide bonds. The normalized spacial score (nSPS) is 14.5. The summed E-state index contributed by atoms with van der Waals surface area (Å²) in [6.07, 6.45) is 0. The maximum atomic E-state index is 5.53. The fourth-order valence-corrected chi connectivity index (χ4v) is 27.9. The van der Waals surface area contributed by atoms with Gasteiger partial charge in [-0.2, -0.15) is 0 Å². The largest absolute Gasteiger partial charge is 2.00 e. The molecule has 0 aromatic heterocycles. The third kappa shape index (κ3) is 31.9. The van der Waals surface area contributed by atoms with Gasteiger partial charge in [0.15, 0.2) is 0 Å². The van der Waals surface area contributed by atoms with Gasteiger partial charge in [0.2, 0.25) is 0 Å². The Morgan fingerprint density at radius 1 is 0.349 bits per heavy atom. The minimum Gasteiger partial charge on any atom is -0.870 e. The zero-order chi connectivity index (χ0) is 21.5. The van der Waals surface area contributed by atoms with Crippen LogP contribution in [0.3, 0.4) is 0 Å². The Hall–Kier alpha value is 12.4. The van der Waals surface area contributed by atoms with Crippen molar-refractivity contribution in [3.8, 4) is 0 Å². The molecule has 43 heavy (non-hydrogen) atoms. The first kappa shape index (κ1) is 76.1. The molecule has 4 aliphatic heterocycles. The van der Waals surface area contributed by atoms with E-state index in [0.29, 0.717) is 0 Å². The summed E-state index contributed by atoms with van der Waals surface area (Å²) in [5, 5.41) is 0. The van der Waals surface area contributed by atoms with Crippen LogP contribution in [0.15, 0.2) is 0 Å². The van der Waals surface area contributed by atoms with E-state index in [4.69, 9.17) is 48.3 Å². The first-order chi connectivity index (χ1) is 15.2. The molecule has 4 saturated heterocycles. The second kappa shape index (κ2) is 47.1. The SMILES string of the molecule is [Al][O][Al][O][Al][O][Al]1[O][Al]([O][Al]2[O][Al]([O][Al]3[O][Al]([O][Al]4[O][Al]([O][Al][O][Al][O][Al])[O]4)[O]3)[O]2)[O]1.[OH-].[OH-].[OH-].[OH-].[OH-].[OH-].[OH-].[OH-].[Sr+2].[Sr+2].[Sr+2].[Sr+2]. The molecule has 0 saturated carbocycles. The van der Waals surface area contributed by atoms with Crippen LogP contribution < -0.4 is 0 Å². The van der Waals surface area contributed by atoms with Crippen molar-refractivity contribution in [1.29, 1.82) is 0 Å². The van der Waals surface area contributed by atoms with E-state index in [0.717, 1.165) is 0 Å². The van der Waals surface area contributed by atoms with Crippen LogP contribution in [0.1, 0.15) is 0 Å². The van der Waals surface area contributed by atoms with E-state index in [1.807, 2.05) is 0 Å². The summed E-state index contributed by atoms with van der Waals surface area (Å²) in [6.45, 7) is 0. The third-order valence-electron chi connectivity index (χ3n) is 3.11. The van der Waals surface area contributed by atoms with Gasteiger partial charge in [-0.15, -0.1) is 0 Å². The number of hydrogen-bond donors (Lipinski definition) is 0. The molecule has 0 bridgehead atoms. The van der Waals surface area contributed by atoms with E-state index in [2.05, 4.69) is 33.2 Å². The second-order valence-electron chi connectivity index (χ2n) is 5.01. The van der Waals surface area contributed by atoms with Gasteiger partial charge in [0.05, 0.1) is 0 Å². The van der Waals surface area contributed by atoms with E-state index >= 15 is 0 Å². The van der Waals surface area contributed by atoms with Crippen LogP contribution in [0, 0.1) is 0 Å². The summed E-state index contributed by atoms with van der Waals surface area (Å²) in [6, 6.07) is 0.